The van der Waals surface area contributed by atoms with E-state index >= 15 is 0 Å². The lowest BCUT2D eigenvalue weighted by Gasteiger charge is -2.15. The second-order valence-corrected chi connectivity index (χ2v) is 9.00. The minimum Gasteiger partial charge on any atom is -0.462 e. The molecule has 0 aliphatic rings. The largest absolute Gasteiger partial charge is 0.462 e. The summed E-state index contributed by atoms with van der Waals surface area (Å²) < 4.78 is 5.10. The number of carbonyl (C=O) groups is 2. The van der Waals surface area contributed by atoms with E-state index in [2.05, 4.69) is 52.8 Å². The van der Waals surface area contributed by atoms with E-state index < -0.39 is 24.6 Å². The Bertz CT molecular complexity index is 689. The molecule has 0 bridgehead atoms. The molecule has 0 aliphatic heterocycles. The summed E-state index contributed by atoms with van der Waals surface area (Å²) >= 11 is 0. The molecule has 0 radical (unpaired) electrons. The van der Waals surface area contributed by atoms with Crippen LogP contribution < -0.4 is 0 Å². The minimum absolute atomic E-state index is 0.157. The summed E-state index contributed by atoms with van der Waals surface area (Å²) in [6, 6.07) is 0. The Morgan fingerprint density at radius 2 is 1.28 bits per heavy atom. The molecule has 5 heteroatoms. The fourth-order valence-electron chi connectivity index (χ4n) is 3.03. The second-order valence-electron chi connectivity index (χ2n) is 9.00. The molecule has 32 heavy (non-hydrogen) atoms. The van der Waals surface area contributed by atoms with Crippen LogP contribution in [-0.2, 0) is 14.3 Å². The molecule has 0 aliphatic carbocycles. The molecule has 0 saturated heterocycles. The van der Waals surface area contributed by atoms with E-state index in [1.54, 1.807) is 0 Å². The van der Waals surface area contributed by atoms with Crippen molar-refractivity contribution in [2.75, 3.05) is 13.2 Å². The molecule has 2 N–H and O–H groups in total. The van der Waals surface area contributed by atoms with Gasteiger partial charge < -0.3 is 14.9 Å². The number of esters is 1. The van der Waals surface area contributed by atoms with E-state index in [0.29, 0.717) is 6.42 Å². The van der Waals surface area contributed by atoms with Gasteiger partial charge in [-0.2, -0.15) is 0 Å². The SMILES string of the molecule is CC(C)=CCC/C(C)=C/CCC(=O)C(C/C=C(\C)CCC=C(C)C)C(=O)OCC(O)CO. The molecule has 0 spiro atoms. The van der Waals surface area contributed by atoms with Gasteiger partial charge in [-0.1, -0.05) is 46.6 Å². The summed E-state index contributed by atoms with van der Waals surface area (Å²) in [7, 11) is 0. The van der Waals surface area contributed by atoms with Crippen molar-refractivity contribution in [2.45, 2.75) is 92.6 Å². The monoisotopic (exact) mass is 448 g/mol. The summed E-state index contributed by atoms with van der Waals surface area (Å²) in [4.78, 5) is 25.3. The Morgan fingerprint density at radius 1 is 0.781 bits per heavy atom. The number of ketones is 1. The molecule has 0 aromatic carbocycles. The normalized spacial score (nSPS) is 13.9. The van der Waals surface area contributed by atoms with Crippen molar-refractivity contribution in [3.63, 3.8) is 0 Å². The first kappa shape index (κ1) is 30.0. The third-order valence-corrected chi connectivity index (χ3v) is 5.07. The highest BCUT2D eigenvalue weighted by Gasteiger charge is 2.27. The lowest BCUT2D eigenvalue weighted by molar-refractivity contribution is -0.155. The van der Waals surface area contributed by atoms with Crippen LogP contribution in [0, 0.1) is 5.92 Å². The van der Waals surface area contributed by atoms with Crippen LogP contribution in [-0.4, -0.2) is 41.3 Å². The quantitative estimate of drug-likeness (QED) is 0.182. The van der Waals surface area contributed by atoms with E-state index in [1.807, 2.05) is 13.0 Å². The number of aliphatic hydroxyl groups is 2. The van der Waals surface area contributed by atoms with Gasteiger partial charge in [0.2, 0.25) is 0 Å². The van der Waals surface area contributed by atoms with E-state index in [-0.39, 0.29) is 25.2 Å². The minimum atomic E-state index is -1.14. The standard InChI is InChI=1S/C27H44O5/c1-20(2)10-7-12-22(5)14-9-15-26(30)25(27(31)32-19-24(29)18-28)17-16-23(6)13-8-11-21(3)4/h10-11,14,16,24-25,28-29H,7-9,12-13,15,17-19H2,1-6H3/b22-14+,23-16+. The fraction of sp³-hybridized carbons (Fsp3) is 0.630. The van der Waals surface area contributed by atoms with Crippen LogP contribution in [0.25, 0.3) is 0 Å². The highest BCUT2D eigenvalue weighted by Crippen LogP contribution is 2.17. The zero-order valence-electron chi connectivity index (χ0n) is 20.9. The van der Waals surface area contributed by atoms with Gasteiger partial charge in [0.1, 0.15) is 24.4 Å². The van der Waals surface area contributed by atoms with Gasteiger partial charge in [-0.05, 0) is 80.1 Å². The van der Waals surface area contributed by atoms with E-state index in [9.17, 15) is 14.7 Å². The van der Waals surface area contributed by atoms with Gasteiger partial charge in [0.05, 0.1) is 6.61 Å². The van der Waals surface area contributed by atoms with E-state index in [0.717, 1.165) is 31.3 Å². The van der Waals surface area contributed by atoms with Crippen molar-refractivity contribution in [3.8, 4) is 0 Å². The van der Waals surface area contributed by atoms with Crippen LogP contribution in [0.15, 0.2) is 46.6 Å². The summed E-state index contributed by atoms with van der Waals surface area (Å²) in [6.07, 6.45) is 12.1. The first-order valence-corrected chi connectivity index (χ1v) is 11.6. The fourth-order valence-corrected chi connectivity index (χ4v) is 3.03. The molecule has 0 amide bonds. The van der Waals surface area contributed by atoms with Crippen LogP contribution in [0.1, 0.15) is 86.5 Å². The van der Waals surface area contributed by atoms with Gasteiger partial charge in [0.25, 0.3) is 0 Å². The number of ether oxygens (including phenoxy) is 1. The van der Waals surface area contributed by atoms with Crippen LogP contribution in [0.5, 0.6) is 0 Å². The van der Waals surface area contributed by atoms with Gasteiger partial charge in [-0.3, -0.25) is 9.59 Å². The molecule has 0 saturated carbocycles. The zero-order chi connectivity index (χ0) is 24.5. The molecule has 0 rings (SSSR count). The highest BCUT2D eigenvalue weighted by atomic mass is 16.5. The van der Waals surface area contributed by atoms with Crippen LogP contribution in [0.2, 0.25) is 0 Å². The molecule has 2 unspecified atom stereocenters. The topological polar surface area (TPSA) is 83.8 Å². The smallest absolute Gasteiger partial charge is 0.316 e. The average molecular weight is 449 g/mol. The number of carbonyl (C=O) groups excluding carboxylic acids is 2. The lowest BCUT2D eigenvalue weighted by atomic mass is 9.94. The van der Waals surface area contributed by atoms with Gasteiger partial charge in [-0.15, -0.1) is 0 Å². The Balaban J connectivity index is 5.00. The van der Waals surface area contributed by atoms with Crippen LogP contribution in [0.3, 0.4) is 0 Å². The summed E-state index contributed by atoms with van der Waals surface area (Å²) in [6.45, 7) is 11.5. The average Bonchev–Trinajstić information content (AvgIpc) is 2.71. The van der Waals surface area contributed by atoms with Crippen molar-refractivity contribution in [1.29, 1.82) is 0 Å². The Kier molecular flexibility index (Phi) is 16.5. The molecule has 5 nitrogen and oxygen atoms in total. The van der Waals surface area contributed by atoms with Gasteiger partial charge >= 0.3 is 5.97 Å². The predicted octanol–water partition coefficient (Wildman–Crippen LogP) is 5.62. The Labute approximate surface area is 194 Å². The first-order valence-electron chi connectivity index (χ1n) is 11.6. The first-order chi connectivity index (χ1) is 15.1. The predicted molar refractivity (Wildman–Crippen MR) is 131 cm³/mol. The number of rotatable bonds is 16. The van der Waals surface area contributed by atoms with Crippen molar-refractivity contribution < 1.29 is 24.5 Å². The van der Waals surface area contributed by atoms with Crippen LogP contribution in [0.4, 0.5) is 0 Å². The molecule has 0 heterocycles. The maximum atomic E-state index is 12.8. The number of Topliss-reactive ketones (excluding diaryl/α,β-unsaturated/α-hetero) is 1. The Hall–Kier alpha value is -1.98. The molecular formula is C27H44O5. The van der Waals surface area contributed by atoms with Gasteiger partial charge in [-0.25, -0.2) is 0 Å². The Morgan fingerprint density at radius 3 is 1.78 bits per heavy atom. The maximum Gasteiger partial charge on any atom is 0.316 e. The third kappa shape index (κ3) is 15.8. The third-order valence-electron chi connectivity index (χ3n) is 5.07. The number of allylic oxidation sites excluding steroid dienone is 8. The molecule has 2 atom stereocenters. The number of hydrogen-bond acceptors (Lipinski definition) is 5. The number of aliphatic hydroxyl groups excluding tert-OH is 2. The summed E-state index contributed by atoms with van der Waals surface area (Å²) in [5.74, 6) is -1.69. The van der Waals surface area contributed by atoms with Crippen molar-refractivity contribution in [3.05, 3.63) is 46.6 Å². The zero-order valence-corrected chi connectivity index (χ0v) is 20.9. The molecule has 0 fully saturated rings. The molecule has 182 valence electrons. The van der Waals surface area contributed by atoms with Crippen molar-refractivity contribution in [1.82, 2.24) is 0 Å². The number of hydrogen-bond donors (Lipinski definition) is 2. The van der Waals surface area contributed by atoms with E-state index in [1.165, 1.54) is 16.7 Å². The molecule has 0 aromatic heterocycles. The van der Waals surface area contributed by atoms with Crippen LogP contribution >= 0.6 is 0 Å². The molecular weight excluding hydrogens is 404 g/mol. The lowest BCUT2D eigenvalue weighted by Crippen LogP contribution is -2.29. The maximum absolute atomic E-state index is 12.8. The van der Waals surface area contributed by atoms with Crippen molar-refractivity contribution >= 4 is 11.8 Å². The molecule has 0 aromatic rings. The van der Waals surface area contributed by atoms with Gasteiger partial charge in [0.15, 0.2) is 0 Å². The highest BCUT2D eigenvalue weighted by molar-refractivity contribution is 5.99. The van der Waals surface area contributed by atoms with Crippen molar-refractivity contribution in [2.24, 2.45) is 5.92 Å². The van der Waals surface area contributed by atoms with E-state index in [4.69, 9.17) is 9.84 Å². The summed E-state index contributed by atoms with van der Waals surface area (Å²) in [5.41, 5.74) is 4.92. The summed E-state index contributed by atoms with van der Waals surface area (Å²) in [5, 5.41) is 18.4. The van der Waals surface area contributed by atoms with Gasteiger partial charge in [0, 0.05) is 6.42 Å². The second kappa shape index (κ2) is 17.6.